The van der Waals surface area contributed by atoms with Crippen LogP contribution in [-0.2, 0) is 0 Å². The van der Waals surface area contributed by atoms with Crippen molar-refractivity contribution in [3.8, 4) is 6.07 Å². The predicted octanol–water partition coefficient (Wildman–Crippen LogP) is 1.99. The molecule has 2 N–H and O–H groups in total. The summed E-state index contributed by atoms with van der Waals surface area (Å²) in [6.07, 6.45) is 5.73. The van der Waals surface area contributed by atoms with Gasteiger partial charge in [-0.05, 0) is 37.8 Å². The topological polar surface area (TPSA) is 97.7 Å². The first kappa shape index (κ1) is 15.6. The minimum Gasteiger partial charge on any atom is -0.367 e. The number of hydrogen-bond donors (Lipinski definition) is 2. The molecule has 128 valence electrons. The van der Waals surface area contributed by atoms with Gasteiger partial charge in [-0.1, -0.05) is 0 Å². The van der Waals surface area contributed by atoms with Gasteiger partial charge in [0.05, 0.1) is 11.3 Å². The predicted molar refractivity (Wildman–Crippen MR) is 94.6 cm³/mol. The van der Waals surface area contributed by atoms with Crippen LogP contribution in [0, 0.1) is 11.3 Å². The van der Waals surface area contributed by atoms with Crippen LogP contribution >= 0.6 is 0 Å². The van der Waals surface area contributed by atoms with Crippen LogP contribution in [-0.4, -0.2) is 34.1 Å². The maximum Gasteiger partial charge on any atom is 0.252 e. The Balaban J connectivity index is 1.40. The number of aromatic amines is 1. The Hall–Kier alpha value is -2.88. The van der Waals surface area contributed by atoms with Crippen molar-refractivity contribution in [2.24, 2.45) is 0 Å². The highest BCUT2D eigenvalue weighted by molar-refractivity contribution is 5.41. The minimum atomic E-state index is -0.0722. The molecule has 7 nitrogen and oxygen atoms in total. The highest BCUT2D eigenvalue weighted by Crippen LogP contribution is 2.37. The molecule has 1 aliphatic carbocycles. The normalized spacial score (nSPS) is 22.3. The van der Waals surface area contributed by atoms with Crippen molar-refractivity contribution in [2.75, 3.05) is 23.3 Å². The molecule has 2 aromatic rings. The average Bonchev–Trinajstić information content (AvgIpc) is 3.12. The van der Waals surface area contributed by atoms with Crippen molar-refractivity contribution >= 4 is 11.8 Å². The molecular weight excluding hydrogens is 316 g/mol. The van der Waals surface area contributed by atoms with E-state index >= 15 is 0 Å². The van der Waals surface area contributed by atoms with Crippen LogP contribution in [0.5, 0.6) is 0 Å². The number of rotatable bonds is 4. The number of nitrogens with one attached hydrogen (secondary N) is 2. The molecule has 2 aromatic heterocycles. The summed E-state index contributed by atoms with van der Waals surface area (Å²) in [6, 6.07) is 7.59. The van der Waals surface area contributed by atoms with E-state index < -0.39 is 0 Å². The van der Waals surface area contributed by atoms with E-state index in [0.29, 0.717) is 23.5 Å². The van der Waals surface area contributed by atoms with E-state index in [2.05, 4.69) is 26.3 Å². The van der Waals surface area contributed by atoms with E-state index in [9.17, 15) is 4.79 Å². The summed E-state index contributed by atoms with van der Waals surface area (Å²) in [6.45, 7) is 1.93. The number of anilines is 2. The smallest absolute Gasteiger partial charge is 0.252 e. The lowest BCUT2D eigenvalue weighted by molar-refractivity contribution is 0.366. The summed E-state index contributed by atoms with van der Waals surface area (Å²) in [5, 5.41) is 12.2. The van der Waals surface area contributed by atoms with Gasteiger partial charge < -0.3 is 10.2 Å². The number of nitriles is 1. The summed E-state index contributed by atoms with van der Waals surface area (Å²) in [7, 11) is 0. The Kier molecular flexibility index (Phi) is 4.10. The minimum absolute atomic E-state index is 0.0722. The molecule has 25 heavy (non-hydrogen) atoms. The van der Waals surface area contributed by atoms with E-state index in [4.69, 9.17) is 10.2 Å². The first-order chi connectivity index (χ1) is 12.2. The standard InChI is InChI=1S/C18H20N6O/c19-10-12-3-4-16(20-11-12)21-14-7-13(8-14)15-9-17(25)23-18(22-15)24-5-1-2-6-24/h3-4,9,11,13-14H,1-2,5-8H2,(H,20,21)(H,22,23,25). The van der Waals surface area contributed by atoms with Crippen LogP contribution in [0.3, 0.4) is 0 Å². The van der Waals surface area contributed by atoms with Gasteiger partial charge in [0.15, 0.2) is 0 Å². The first-order valence-electron chi connectivity index (χ1n) is 8.70. The number of hydrogen-bond acceptors (Lipinski definition) is 6. The van der Waals surface area contributed by atoms with E-state index in [1.807, 2.05) is 6.07 Å². The molecular formula is C18H20N6O. The molecule has 7 heteroatoms. The first-order valence-corrected chi connectivity index (χ1v) is 8.70. The molecule has 0 amide bonds. The highest BCUT2D eigenvalue weighted by atomic mass is 16.1. The second-order valence-electron chi connectivity index (χ2n) is 6.74. The number of nitrogens with zero attached hydrogens (tertiary/aromatic N) is 4. The molecule has 3 heterocycles. The summed E-state index contributed by atoms with van der Waals surface area (Å²) < 4.78 is 0. The Bertz CT molecular complexity index is 841. The van der Waals surface area contributed by atoms with Crippen molar-refractivity contribution in [3.05, 3.63) is 46.0 Å². The lowest BCUT2D eigenvalue weighted by Gasteiger charge is -2.36. The van der Waals surface area contributed by atoms with Gasteiger partial charge in [-0.2, -0.15) is 5.26 Å². The maximum absolute atomic E-state index is 12.0. The van der Waals surface area contributed by atoms with Crippen molar-refractivity contribution in [1.29, 1.82) is 5.26 Å². The molecule has 0 bridgehead atoms. The monoisotopic (exact) mass is 336 g/mol. The van der Waals surface area contributed by atoms with E-state index in [0.717, 1.165) is 50.3 Å². The number of H-pyrrole nitrogens is 1. The zero-order valence-corrected chi connectivity index (χ0v) is 13.9. The van der Waals surface area contributed by atoms with Gasteiger partial charge in [0, 0.05) is 37.3 Å². The SMILES string of the molecule is N#Cc1ccc(NC2CC(c3cc(=O)[nH]c(N4CCCC4)n3)C2)nc1. The maximum atomic E-state index is 12.0. The summed E-state index contributed by atoms with van der Waals surface area (Å²) in [4.78, 5) is 25.9. The molecule has 0 spiro atoms. The van der Waals surface area contributed by atoms with Gasteiger partial charge in [0.25, 0.3) is 5.56 Å². The largest absolute Gasteiger partial charge is 0.367 e. The fourth-order valence-corrected chi connectivity index (χ4v) is 3.48. The fourth-order valence-electron chi connectivity index (χ4n) is 3.48. The summed E-state index contributed by atoms with van der Waals surface area (Å²) in [5.41, 5.74) is 1.37. The Morgan fingerprint density at radius 2 is 2.08 bits per heavy atom. The second-order valence-corrected chi connectivity index (χ2v) is 6.74. The van der Waals surface area contributed by atoms with E-state index in [-0.39, 0.29) is 5.56 Å². The van der Waals surface area contributed by atoms with Crippen LogP contribution in [0.15, 0.2) is 29.2 Å². The second kappa shape index (κ2) is 6.55. The summed E-state index contributed by atoms with van der Waals surface area (Å²) in [5.74, 6) is 1.80. The van der Waals surface area contributed by atoms with Crippen LogP contribution in [0.2, 0.25) is 0 Å². The Morgan fingerprint density at radius 3 is 2.76 bits per heavy atom. The number of aromatic nitrogens is 3. The van der Waals surface area contributed by atoms with Gasteiger partial charge in [0.1, 0.15) is 11.9 Å². The van der Waals surface area contributed by atoms with Crippen LogP contribution in [0.4, 0.5) is 11.8 Å². The third kappa shape index (κ3) is 3.33. The molecule has 2 aliphatic rings. The highest BCUT2D eigenvalue weighted by Gasteiger charge is 2.32. The Labute approximate surface area is 145 Å². The van der Waals surface area contributed by atoms with Crippen LogP contribution in [0.25, 0.3) is 0 Å². The quantitative estimate of drug-likeness (QED) is 0.886. The van der Waals surface area contributed by atoms with E-state index in [1.54, 1.807) is 18.3 Å². The lowest BCUT2D eigenvalue weighted by Crippen LogP contribution is -2.35. The zero-order chi connectivity index (χ0) is 17.2. The van der Waals surface area contributed by atoms with Crippen molar-refractivity contribution in [2.45, 2.75) is 37.6 Å². The van der Waals surface area contributed by atoms with Gasteiger partial charge in [0.2, 0.25) is 5.95 Å². The van der Waals surface area contributed by atoms with Gasteiger partial charge >= 0.3 is 0 Å². The van der Waals surface area contributed by atoms with Gasteiger partial charge in [-0.15, -0.1) is 0 Å². The molecule has 1 saturated carbocycles. The summed E-state index contributed by atoms with van der Waals surface area (Å²) >= 11 is 0. The molecule has 0 unspecified atom stereocenters. The van der Waals surface area contributed by atoms with Gasteiger partial charge in [-0.3, -0.25) is 9.78 Å². The van der Waals surface area contributed by atoms with Crippen molar-refractivity contribution in [3.63, 3.8) is 0 Å². The molecule has 0 atom stereocenters. The zero-order valence-electron chi connectivity index (χ0n) is 13.9. The van der Waals surface area contributed by atoms with Crippen molar-refractivity contribution in [1.82, 2.24) is 15.0 Å². The Morgan fingerprint density at radius 1 is 1.28 bits per heavy atom. The molecule has 0 aromatic carbocycles. The molecule has 1 saturated heterocycles. The van der Waals surface area contributed by atoms with Gasteiger partial charge in [-0.25, -0.2) is 9.97 Å². The third-order valence-corrected chi connectivity index (χ3v) is 4.96. The molecule has 0 radical (unpaired) electrons. The fraction of sp³-hybridized carbons (Fsp3) is 0.444. The average molecular weight is 336 g/mol. The number of pyridine rings is 1. The third-order valence-electron chi connectivity index (χ3n) is 4.96. The molecule has 4 rings (SSSR count). The molecule has 2 fully saturated rings. The van der Waals surface area contributed by atoms with Crippen molar-refractivity contribution < 1.29 is 0 Å². The molecule has 1 aliphatic heterocycles. The lowest BCUT2D eigenvalue weighted by atomic mass is 9.78. The van der Waals surface area contributed by atoms with E-state index in [1.165, 1.54) is 0 Å². The van der Waals surface area contributed by atoms with Crippen LogP contribution in [0.1, 0.15) is 42.9 Å². The van der Waals surface area contributed by atoms with Crippen LogP contribution < -0.4 is 15.8 Å².